The van der Waals surface area contributed by atoms with Gasteiger partial charge in [-0.2, -0.15) is 0 Å². The molecule has 1 N–H and O–H groups in total. The molecule has 2 aromatic carbocycles. The first kappa shape index (κ1) is 15.4. The second-order valence-electron chi connectivity index (χ2n) is 6.15. The summed E-state index contributed by atoms with van der Waals surface area (Å²) in [5.74, 6) is 1.46. The first-order chi connectivity index (χ1) is 11.1. The molecule has 0 fully saturated rings. The number of phenols is 1. The summed E-state index contributed by atoms with van der Waals surface area (Å²) in [5, 5.41) is 12.4. The predicted molar refractivity (Wildman–Crippen MR) is 92.2 cm³/mol. The largest absolute Gasteiger partial charge is 0.508 e. The van der Waals surface area contributed by atoms with E-state index in [1.807, 2.05) is 23.8 Å². The lowest BCUT2D eigenvalue weighted by Gasteiger charge is -2.15. The summed E-state index contributed by atoms with van der Waals surface area (Å²) in [6.07, 6.45) is 5.45. The summed E-state index contributed by atoms with van der Waals surface area (Å²) >= 11 is 0. The van der Waals surface area contributed by atoms with Gasteiger partial charge in [-0.3, -0.25) is 0 Å². The number of imidazole rings is 1. The molecule has 23 heavy (non-hydrogen) atoms. The Kier molecular flexibility index (Phi) is 4.24. The number of fused-ring (bicyclic) bond motifs is 1. The average Bonchev–Trinajstić information content (AvgIpc) is 3.02. The van der Waals surface area contributed by atoms with Gasteiger partial charge in [0.05, 0.1) is 12.9 Å². The highest BCUT2D eigenvalue weighted by atomic mass is 16.5. The molecule has 3 rings (SSSR count). The lowest BCUT2D eigenvalue weighted by Crippen LogP contribution is -2.07. The van der Waals surface area contributed by atoms with Gasteiger partial charge in [-0.25, -0.2) is 4.98 Å². The van der Waals surface area contributed by atoms with Crippen LogP contribution in [0.5, 0.6) is 11.5 Å². The quantitative estimate of drug-likeness (QED) is 0.766. The van der Waals surface area contributed by atoms with Crippen molar-refractivity contribution >= 4 is 10.8 Å². The molecule has 120 valence electrons. The zero-order chi connectivity index (χ0) is 16.4. The van der Waals surface area contributed by atoms with Crippen LogP contribution in [0.4, 0.5) is 0 Å². The maximum atomic E-state index is 10.3. The van der Waals surface area contributed by atoms with Crippen molar-refractivity contribution in [2.24, 2.45) is 0 Å². The van der Waals surface area contributed by atoms with E-state index >= 15 is 0 Å². The van der Waals surface area contributed by atoms with Crippen LogP contribution in [0.25, 0.3) is 10.8 Å². The maximum absolute atomic E-state index is 10.3. The number of hydrogen-bond donors (Lipinski definition) is 1. The number of aromatic nitrogens is 2. The summed E-state index contributed by atoms with van der Waals surface area (Å²) in [7, 11) is 0. The SMILES string of the molecule is Cc1ccc2cc(C(C)C)c(O)cc2c1OCCn1ccnc1. The zero-order valence-electron chi connectivity index (χ0n) is 13.8. The van der Waals surface area contributed by atoms with E-state index in [4.69, 9.17) is 4.74 Å². The topological polar surface area (TPSA) is 47.3 Å². The number of aryl methyl sites for hydroxylation is 1. The Labute approximate surface area is 136 Å². The Hall–Kier alpha value is -2.49. The van der Waals surface area contributed by atoms with E-state index in [-0.39, 0.29) is 5.92 Å². The third-order valence-electron chi connectivity index (χ3n) is 4.09. The molecule has 4 heteroatoms. The average molecular weight is 310 g/mol. The monoisotopic (exact) mass is 310 g/mol. The smallest absolute Gasteiger partial charge is 0.130 e. The van der Waals surface area contributed by atoms with Crippen LogP contribution in [-0.4, -0.2) is 21.3 Å². The van der Waals surface area contributed by atoms with Gasteiger partial charge in [0, 0.05) is 17.8 Å². The zero-order valence-corrected chi connectivity index (χ0v) is 13.8. The lowest BCUT2D eigenvalue weighted by atomic mass is 9.96. The molecule has 0 spiro atoms. The first-order valence-electron chi connectivity index (χ1n) is 7.91. The van der Waals surface area contributed by atoms with Crippen LogP contribution in [0, 0.1) is 6.92 Å². The highest BCUT2D eigenvalue weighted by Crippen LogP contribution is 2.36. The summed E-state index contributed by atoms with van der Waals surface area (Å²) in [6, 6.07) is 8.02. The number of nitrogens with zero attached hydrogens (tertiary/aromatic N) is 2. The molecule has 1 aromatic heterocycles. The number of rotatable bonds is 5. The molecule has 0 aliphatic rings. The molecule has 0 aliphatic carbocycles. The molecule has 0 unspecified atom stereocenters. The van der Waals surface area contributed by atoms with Crippen molar-refractivity contribution in [3.8, 4) is 11.5 Å². The highest BCUT2D eigenvalue weighted by Gasteiger charge is 2.12. The van der Waals surface area contributed by atoms with Crippen LogP contribution in [0.1, 0.15) is 30.9 Å². The second kappa shape index (κ2) is 6.32. The van der Waals surface area contributed by atoms with Crippen molar-refractivity contribution in [2.45, 2.75) is 33.2 Å². The number of aromatic hydroxyl groups is 1. The van der Waals surface area contributed by atoms with Gasteiger partial charge in [-0.15, -0.1) is 0 Å². The minimum atomic E-state index is 0.284. The van der Waals surface area contributed by atoms with Gasteiger partial charge >= 0.3 is 0 Å². The van der Waals surface area contributed by atoms with Crippen LogP contribution in [0.3, 0.4) is 0 Å². The van der Waals surface area contributed by atoms with Crippen molar-refractivity contribution < 1.29 is 9.84 Å². The summed E-state index contributed by atoms with van der Waals surface area (Å²) in [6.45, 7) is 7.49. The summed E-state index contributed by atoms with van der Waals surface area (Å²) in [4.78, 5) is 4.03. The van der Waals surface area contributed by atoms with E-state index in [1.54, 1.807) is 12.5 Å². The Balaban J connectivity index is 1.92. The van der Waals surface area contributed by atoms with Crippen molar-refractivity contribution in [2.75, 3.05) is 6.61 Å². The van der Waals surface area contributed by atoms with Crippen molar-refractivity contribution in [1.29, 1.82) is 0 Å². The van der Waals surface area contributed by atoms with E-state index in [2.05, 4.69) is 37.0 Å². The van der Waals surface area contributed by atoms with Crippen LogP contribution < -0.4 is 4.74 Å². The van der Waals surface area contributed by atoms with E-state index in [9.17, 15) is 5.11 Å². The molecule has 0 saturated carbocycles. The fraction of sp³-hybridized carbons (Fsp3) is 0.316. The molecule has 4 nitrogen and oxygen atoms in total. The fourth-order valence-corrected chi connectivity index (χ4v) is 2.79. The third-order valence-corrected chi connectivity index (χ3v) is 4.09. The van der Waals surface area contributed by atoms with Crippen molar-refractivity contribution in [3.05, 3.63) is 54.1 Å². The first-order valence-corrected chi connectivity index (χ1v) is 7.91. The molecule has 3 aromatic rings. The van der Waals surface area contributed by atoms with Gasteiger partial charge in [-0.05, 0) is 41.5 Å². The summed E-state index contributed by atoms with van der Waals surface area (Å²) < 4.78 is 8.00. The highest BCUT2D eigenvalue weighted by molar-refractivity contribution is 5.91. The fourth-order valence-electron chi connectivity index (χ4n) is 2.79. The van der Waals surface area contributed by atoms with Crippen LogP contribution in [0.2, 0.25) is 0 Å². The second-order valence-corrected chi connectivity index (χ2v) is 6.15. The maximum Gasteiger partial charge on any atom is 0.130 e. The van der Waals surface area contributed by atoms with Crippen LogP contribution in [-0.2, 0) is 6.54 Å². The van der Waals surface area contributed by atoms with Gasteiger partial charge in [0.1, 0.15) is 18.1 Å². The van der Waals surface area contributed by atoms with Gasteiger partial charge in [-0.1, -0.05) is 26.0 Å². The minimum Gasteiger partial charge on any atom is -0.508 e. The van der Waals surface area contributed by atoms with E-state index in [1.165, 1.54) is 0 Å². The van der Waals surface area contributed by atoms with E-state index < -0.39 is 0 Å². The molecule has 0 aliphatic heterocycles. The van der Waals surface area contributed by atoms with Gasteiger partial charge in [0.25, 0.3) is 0 Å². The molecule has 1 heterocycles. The third kappa shape index (κ3) is 3.16. The Morgan fingerprint density at radius 3 is 2.78 bits per heavy atom. The van der Waals surface area contributed by atoms with Crippen molar-refractivity contribution in [3.63, 3.8) is 0 Å². The Morgan fingerprint density at radius 2 is 2.09 bits per heavy atom. The molecule has 0 amide bonds. The van der Waals surface area contributed by atoms with E-state index in [0.29, 0.717) is 12.4 Å². The molecular formula is C19H22N2O2. The minimum absolute atomic E-state index is 0.284. The van der Waals surface area contributed by atoms with Crippen molar-refractivity contribution in [1.82, 2.24) is 9.55 Å². The normalized spacial score (nSPS) is 11.3. The Bertz CT molecular complexity index is 808. The molecule has 0 radical (unpaired) electrons. The predicted octanol–water partition coefficient (Wildman–Crippen LogP) is 4.25. The number of phenolic OH excluding ortho intramolecular Hbond substituents is 1. The van der Waals surface area contributed by atoms with E-state index in [0.717, 1.165) is 34.2 Å². The molecule has 0 saturated heterocycles. The van der Waals surface area contributed by atoms with Crippen LogP contribution >= 0.6 is 0 Å². The number of benzene rings is 2. The molecular weight excluding hydrogens is 288 g/mol. The number of hydrogen-bond acceptors (Lipinski definition) is 3. The Morgan fingerprint density at radius 1 is 1.26 bits per heavy atom. The molecule has 0 bridgehead atoms. The standard InChI is InChI=1S/C19H22N2O2/c1-13(2)16-10-15-5-4-14(3)19(17(15)11-18(16)22)23-9-8-21-7-6-20-12-21/h4-7,10-13,22H,8-9H2,1-3H3. The van der Waals surface area contributed by atoms with Crippen LogP contribution in [0.15, 0.2) is 43.0 Å². The summed E-state index contributed by atoms with van der Waals surface area (Å²) in [5.41, 5.74) is 2.03. The van der Waals surface area contributed by atoms with Gasteiger partial charge in [0.15, 0.2) is 0 Å². The number of ether oxygens (including phenoxy) is 1. The van der Waals surface area contributed by atoms with Gasteiger partial charge < -0.3 is 14.4 Å². The molecule has 0 atom stereocenters. The van der Waals surface area contributed by atoms with Gasteiger partial charge in [0.2, 0.25) is 0 Å². The lowest BCUT2D eigenvalue weighted by molar-refractivity contribution is 0.300.